The molecule has 4 rings (SSSR count). The van der Waals surface area contributed by atoms with Crippen LogP contribution >= 0.6 is 0 Å². The zero-order valence-electron chi connectivity index (χ0n) is 13.2. The lowest BCUT2D eigenvalue weighted by molar-refractivity contribution is -0.383. The second kappa shape index (κ2) is 6.16. The van der Waals surface area contributed by atoms with E-state index in [4.69, 9.17) is 0 Å². The van der Waals surface area contributed by atoms with Crippen molar-refractivity contribution in [2.75, 3.05) is 16.8 Å². The fourth-order valence-corrected chi connectivity index (χ4v) is 2.96. The number of anilines is 4. The fraction of sp³-hybridized carbons (Fsp3) is 0.118. The van der Waals surface area contributed by atoms with Crippen molar-refractivity contribution in [2.24, 2.45) is 0 Å². The quantitative estimate of drug-likeness (QED) is 0.578. The first-order valence-electron chi connectivity index (χ1n) is 7.76. The molecule has 0 bridgehead atoms. The van der Waals surface area contributed by atoms with Crippen LogP contribution in [0.2, 0.25) is 0 Å². The molecule has 0 spiro atoms. The van der Waals surface area contributed by atoms with Gasteiger partial charge in [0.05, 0.1) is 4.92 Å². The minimum absolute atomic E-state index is 0.143. The lowest BCUT2D eigenvalue weighted by Crippen LogP contribution is -2.17. The maximum Gasteiger partial charge on any atom is 0.354 e. The predicted octanol–water partition coefficient (Wildman–Crippen LogP) is 3.22. The molecule has 0 amide bonds. The molecule has 3 aromatic rings. The summed E-state index contributed by atoms with van der Waals surface area (Å²) in [4.78, 5) is 25.4. The van der Waals surface area contributed by atoms with Crippen LogP contribution in [0.5, 0.6) is 0 Å². The molecule has 8 heteroatoms. The van der Waals surface area contributed by atoms with E-state index in [9.17, 15) is 10.1 Å². The van der Waals surface area contributed by atoms with E-state index in [0.29, 0.717) is 18.1 Å². The van der Waals surface area contributed by atoms with E-state index in [1.165, 1.54) is 6.33 Å². The van der Waals surface area contributed by atoms with Gasteiger partial charge in [-0.2, -0.15) is 0 Å². The second-order valence-electron chi connectivity index (χ2n) is 5.54. The fourth-order valence-electron chi connectivity index (χ4n) is 2.96. The molecule has 3 heterocycles. The van der Waals surface area contributed by atoms with Gasteiger partial charge in [-0.25, -0.2) is 9.97 Å². The molecule has 0 saturated carbocycles. The number of pyridine rings is 1. The van der Waals surface area contributed by atoms with E-state index < -0.39 is 4.92 Å². The van der Waals surface area contributed by atoms with Crippen molar-refractivity contribution in [1.82, 2.24) is 15.0 Å². The summed E-state index contributed by atoms with van der Waals surface area (Å²) in [5, 5.41) is 14.7. The van der Waals surface area contributed by atoms with Gasteiger partial charge in [0.2, 0.25) is 11.6 Å². The number of hydrogen-bond donors (Lipinski definition) is 1. The standard InChI is InChI=1S/C17H14N6O2/c24-23(25)15-16(21-13-5-8-18-9-6-13)19-11-20-17(15)22-10-7-12-3-1-2-4-14(12)22/h1-6,8-9,11H,7,10H2,(H,18,19,20,21). The number of fused-ring (bicyclic) bond motifs is 1. The Morgan fingerprint density at radius 2 is 1.92 bits per heavy atom. The first-order chi connectivity index (χ1) is 12.2. The number of hydrogen-bond acceptors (Lipinski definition) is 7. The highest BCUT2D eigenvalue weighted by molar-refractivity contribution is 5.80. The predicted molar refractivity (Wildman–Crippen MR) is 93.4 cm³/mol. The Morgan fingerprint density at radius 3 is 2.72 bits per heavy atom. The highest BCUT2D eigenvalue weighted by Crippen LogP contribution is 2.40. The molecule has 25 heavy (non-hydrogen) atoms. The summed E-state index contributed by atoms with van der Waals surface area (Å²) in [6.45, 7) is 0.645. The third kappa shape index (κ3) is 2.74. The van der Waals surface area contributed by atoms with Crippen LogP contribution in [-0.2, 0) is 6.42 Å². The highest BCUT2D eigenvalue weighted by Gasteiger charge is 2.31. The maximum absolute atomic E-state index is 11.7. The van der Waals surface area contributed by atoms with Gasteiger partial charge in [-0.15, -0.1) is 0 Å². The molecular weight excluding hydrogens is 320 g/mol. The molecule has 0 radical (unpaired) electrons. The van der Waals surface area contributed by atoms with Crippen molar-refractivity contribution in [1.29, 1.82) is 0 Å². The van der Waals surface area contributed by atoms with Crippen LogP contribution in [0.25, 0.3) is 0 Å². The van der Waals surface area contributed by atoms with Gasteiger partial charge in [-0.1, -0.05) is 18.2 Å². The number of nitrogens with one attached hydrogen (secondary N) is 1. The SMILES string of the molecule is O=[N+]([O-])c1c(Nc2ccncc2)ncnc1N1CCc2ccccc21. The Balaban J connectivity index is 1.79. The molecule has 0 saturated heterocycles. The van der Waals surface area contributed by atoms with Crippen molar-refractivity contribution in [3.8, 4) is 0 Å². The number of aromatic nitrogens is 3. The third-order valence-electron chi connectivity index (χ3n) is 4.07. The lowest BCUT2D eigenvalue weighted by atomic mass is 10.2. The Bertz CT molecular complexity index is 931. The number of benzene rings is 1. The first kappa shape index (κ1) is 15.0. The zero-order chi connectivity index (χ0) is 17.2. The molecule has 124 valence electrons. The summed E-state index contributed by atoms with van der Waals surface area (Å²) in [6.07, 6.45) is 5.37. The Labute approximate surface area is 143 Å². The summed E-state index contributed by atoms with van der Waals surface area (Å²) in [5.74, 6) is 0.451. The normalized spacial score (nSPS) is 12.7. The molecule has 1 N–H and O–H groups in total. The van der Waals surface area contributed by atoms with Crippen LogP contribution in [0.15, 0.2) is 55.1 Å². The Hall–Kier alpha value is -3.55. The molecule has 0 unspecified atom stereocenters. The van der Waals surface area contributed by atoms with Gasteiger partial charge in [-0.05, 0) is 30.2 Å². The van der Waals surface area contributed by atoms with Crippen molar-refractivity contribution in [3.63, 3.8) is 0 Å². The molecular formula is C17H14N6O2. The van der Waals surface area contributed by atoms with Crippen LogP contribution in [0.1, 0.15) is 5.56 Å². The zero-order valence-corrected chi connectivity index (χ0v) is 13.2. The number of nitrogens with zero attached hydrogens (tertiary/aromatic N) is 5. The molecule has 0 atom stereocenters. The van der Waals surface area contributed by atoms with Crippen molar-refractivity contribution in [3.05, 3.63) is 70.8 Å². The average Bonchev–Trinajstić information content (AvgIpc) is 3.06. The largest absolute Gasteiger partial charge is 0.354 e. The van der Waals surface area contributed by atoms with E-state index >= 15 is 0 Å². The van der Waals surface area contributed by atoms with Gasteiger partial charge in [-0.3, -0.25) is 15.1 Å². The van der Waals surface area contributed by atoms with Gasteiger partial charge in [0.1, 0.15) is 6.33 Å². The second-order valence-corrected chi connectivity index (χ2v) is 5.54. The average molecular weight is 334 g/mol. The van der Waals surface area contributed by atoms with E-state index in [-0.39, 0.29) is 11.5 Å². The molecule has 1 aliphatic rings. The summed E-state index contributed by atoms with van der Waals surface area (Å²) in [6, 6.07) is 11.3. The molecule has 0 aliphatic carbocycles. The van der Waals surface area contributed by atoms with Crippen molar-refractivity contribution in [2.45, 2.75) is 6.42 Å². The molecule has 1 aromatic carbocycles. The van der Waals surface area contributed by atoms with Crippen molar-refractivity contribution >= 4 is 28.7 Å². The molecule has 0 fully saturated rings. The third-order valence-corrected chi connectivity index (χ3v) is 4.07. The van der Waals surface area contributed by atoms with Gasteiger partial charge < -0.3 is 10.2 Å². The monoisotopic (exact) mass is 334 g/mol. The van der Waals surface area contributed by atoms with Gasteiger partial charge in [0, 0.05) is 30.3 Å². The highest BCUT2D eigenvalue weighted by atomic mass is 16.6. The smallest absolute Gasteiger partial charge is 0.334 e. The number of nitro groups is 1. The van der Waals surface area contributed by atoms with Crippen LogP contribution < -0.4 is 10.2 Å². The van der Waals surface area contributed by atoms with E-state index in [1.54, 1.807) is 24.5 Å². The summed E-state index contributed by atoms with van der Waals surface area (Å²) in [5.41, 5.74) is 2.62. The van der Waals surface area contributed by atoms with E-state index in [2.05, 4.69) is 20.3 Å². The summed E-state index contributed by atoms with van der Waals surface area (Å²) < 4.78 is 0. The van der Waals surface area contributed by atoms with Gasteiger partial charge >= 0.3 is 5.69 Å². The lowest BCUT2D eigenvalue weighted by Gasteiger charge is -2.19. The van der Waals surface area contributed by atoms with Crippen LogP contribution in [-0.4, -0.2) is 26.4 Å². The van der Waals surface area contributed by atoms with Crippen LogP contribution in [0, 0.1) is 10.1 Å². The van der Waals surface area contributed by atoms with E-state index in [0.717, 1.165) is 17.7 Å². The minimum Gasteiger partial charge on any atom is -0.334 e. The maximum atomic E-state index is 11.7. The van der Waals surface area contributed by atoms with E-state index in [1.807, 2.05) is 29.2 Å². The van der Waals surface area contributed by atoms with Gasteiger partial charge in [0.15, 0.2) is 0 Å². The molecule has 1 aliphatic heterocycles. The minimum atomic E-state index is -0.445. The molecule has 2 aromatic heterocycles. The summed E-state index contributed by atoms with van der Waals surface area (Å²) in [7, 11) is 0. The number of rotatable bonds is 4. The Kier molecular flexibility index (Phi) is 3.70. The molecule has 8 nitrogen and oxygen atoms in total. The van der Waals surface area contributed by atoms with Crippen LogP contribution in [0.3, 0.4) is 0 Å². The Morgan fingerprint density at radius 1 is 1.12 bits per heavy atom. The van der Waals surface area contributed by atoms with Gasteiger partial charge in [0.25, 0.3) is 0 Å². The topological polar surface area (TPSA) is 97.1 Å². The number of para-hydroxylation sites is 1. The van der Waals surface area contributed by atoms with Crippen LogP contribution in [0.4, 0.5) is 28.7 Å². The van der Waals surface area contributed by atoms with Crippen molar-refractivity contribution < 1.29 is 4.92 Å². The summed E-state index contributed by atoms with van der Waals surface area (Å²) >= 11 is 0. The first-order valence-corrected chi connectivity index (χ1v) is 7.76.